The Balaban J connectivity index is 2.07. The normalized spacial score (nSPS) is 12.6. The number of pyridine rings is 1. The number of hydrogen-bond donors (Lipinski definition) is 1. The van der Waals surface area contributed by atoms with E-state index >= 15 is 0 Å². The second kappa shape index (κ2) is 6.39. The molecule has 2 rings (SSSR count). The standard InChI is InChI=1S/C16H22N2/c1-3-4-5-8-13(2)18-16-11-6-10-15-14(16)9-7-12-17-15/h6-7,9-13,18H,3-5,8H2,1-2H3. The summed E-state index contributed by atoms with van der Waals surface area (Å²) < 4.78 is 0. The molecule has 0 bridgehead atoms. The number of fused-ring (bicyclic) bond motifs is 1. The highest BCUT2D eigenvalue weighted by Gasteiger charge is 2.05. The Hall–Kier alpha value is -1.57. The summed E-state index contributed by atoms with van der Waals surface area (Å²) in [7, 11) is 0. The number of hydrogen-bond acceptors (Lipinski definition) is 2. The molecule has 0 saturated carbocycles. The second-order valence-corrected chi connectivity index (χ2v) is 4.92. The van der Waals surface area contributed by atoms with E-state index in [1.165, 1.54) is 36.8 Å². The van der Waals surface area contributed by atoms with E-state index in [1.807, 2.05) is 12.3 Å². The van der Waals surface area contributed by atoms with E-state index < -0.39 is 0 Å². The molecule has 0 spiro atoms. The molecule has 0 radical (unpaired) electrons. The molecule has 1 heterocycles. The van der Waals surface area contributed by atoms with Gasteiger partial charge < -0.3 is 5.32 Å². The summed E-state index contributed by atoms with van der Waals surface area (Å²) in [5.74, 6) is 0. The Labute approximate surface area is 109 Å². The van der Waals surface area contributed by atoms with E-state index in [2.05, 4.69) is 48.4 Å². The van der Waals surface area contributed by atoms with Crippen LogP contribution in [-0.4, -0.2) is 11.0 Å². The van der Waals surface area contributed by atoms with Crippen molar-refractivity contribution in [2.24, 2.45) is 0 Å². The predicted molar refractivity (Wildman–Crippen MR) is 79.0 cm³/mol. The van der Waals surface area contributed by atoms with Gasteiger partial charge >= 0.3 is 0 Å². The molecular weight excluding hydrogens is 220 g/mol. The van der Waals surface area contributed by atoms with Gasteiger partial charge in [0.1, 0.15) is 0 Å². The first kappa shape index (κ1) is 12.9. The molecule has 0 aliphatic carbocycles. The minimum absolute atomic E-state index is 0.516. The third kappa shape index (κ3) is 3.22. The molecule has 0 amide bonds. The zero-order chi connectivity index (χ0) is 12.8. The monoisotopic (exact) mass is 242 g/mol. The van der Waals surface area contributed by atoms with Crippen LogP contribution < -0.4 is 5.32 Å². The molecule has 2 aromatic rings. The molecule has 96 valence electrons. The predicted octanol–water partition coefficient (Wildman–Crippen LogP) is 4.62. The molecular formula is C16H22N2. The Bertz CT molecular complexity index is 488. The number of aromatic nitrogens is 1. The van der Waals surface area contributed by atoms with Gasteiger partial charge in [-0.1, -0.05) is 32.3 Å². The molecule has 0 aliphatic heterocycles. The van der Waals surface area contributed by atoms with E-state index in [4.69, 9.17) is 0 Å². The Morgan fingerprint density at radius 3 is 2.89 bits per heavy atom. The van der Waals surface area contributed by atoms with Gasteiger partial charge in [0, 0.05) is 23.3 Å². The molecule has 1 aromatic heterocycles. The third-order valence-electron chi connectivity index (χ3n) is 3.29. The lowest BCUT2D eigenvalue weighted by molar-refractivity contribution is 0.615. The second-order valence-electron chi connectivity index (χ2n) is 4.92. The van der Waals surface area contributed by atoms with Crippen LogP contribution in [-0.2, 0) is 0 Å². The maximum absolute atomic E-state index is 4.38. The molecule has 1 atom stereocenters. The molecule has 0 fully saturated rings. The smallest absolute Gasteiger partial charge is 0.0722 e. The first-order chi connectivity index (χ1) is 8.81. The topological polar surface area (TPSA) is 24.9 Å². The number of unbranched alkanes of at least 4 members (excludes halogenated alkanes) is 2. The van der Waals surface area contributed by atoms with Crippen LogP contribution >= 0.6 is 0 Å². The van der Waals surface area contributed by atoms with E-state index in [1.54, 1.807) is 0 Å². The van der Waals surface area contributed by atoms with Gasteiger partial charge in [0.25, 0.3) is 0 Å². The molecule has 2 heteroatoms. The minimum Gasteiger partial charge on any atom is -0.382 e. The zero-order valence-electron chi connectivity index (χ0n) is 11.3. The molecule has 1 aromatic carbocycles. The average molecular weight is 242 g/mol. The Morgan fingerprint density at radius 1 is 1.17 bits per heavy atom. The van der Waals surface area contributed by atoms with Crippen molar-refractivity contribution in [3.63, 3.8) is 0 Å². The molecule has 0 saturated heterocycles. The largest absolute Gasteiger partial charge is 0.382 e. The number of anilines is 1. The highest BCUT2D eigenvalue weighted by Crippen LogP contribution is 2.22. The van der Waals surface area contributed by atoms with E-state index in [0.29, 0.717) is 6.04 Å². The summed E-state index contributed by atoms with van der Waals surface area (Å²) in [5.41, 5.74) is 2.26. The van der Waals surface area contributed by atoms with Gasteiger partial charge in [-0.3, -0.25) is 4.98 Å². The number of rotatable bonds is 6. The lowest BCUT2D eigenvalue weighted by Crippen LogP contribution is -2.15. The SMILES string of the molecule is CCCCCC(C)Nc1cccc2ncccc12. The van der Waals surface area contributed by atoms with Gasteiger partial charge in [0.2, 0.25) is 0 Å². The van der Waals surface area contributed by atoms with Crippen molar-refractivity contribution in [1.82, 2.24) is 4.98 Å². The first-order valence-corrected chi connectivity index (χ1v) is 6.91. The van der Waals surface area contributed by atoms with Crippen molar-refractivity contribution in [2.75, 3.05) is 5.32 Å². The van der Waals surface area contributed by atoms with E-state index in [9.17, 15) is 0 Å². The molecule has 0 aliphatic rings. The summed E-state index contributed by atoms with van der Waals surface area (Å²) in [4.78, 5) is 4.38. The van der Waals surface area contributed by atoms with Crippen molar-refractivity contribution in [2.45, 2.75) is 45.6 Å². The van der Waals surface area contributed by atoms with Gasteiger partial charge in [0.15, 0.2) is 0 Å². The van der Waals surface area contributed by atoms with Gasteiger partial charge in [-0.05, 0) is 37.6 Å². The maximum atomic E-state index is 4.38. The summed E-state index contributed by atoms with van der Waals surface area (Å²) >= 11 is 0. The van der Waals surface area contributed by atoms with Crippen molar-refractivity contribution in [3.8, 4) is 0 Å². The van der Waals surface area contributed by atoms with Gasteiger partial charge in [0.05, 0.1) is 5.52 Å². The van der Waals surface area contributed by atoms with Crippen LogP contribution in [0.2, 0.25) is 0 Å². The zero-order valence-corrected chi connectivity index (χ0v) is 11.3. The summed E-state index contributed by atoms with van der Waals surface area (Å²) in [6.45, 7) is 4.50. The molecule has 1 N–H and O–H groups in total. The van der Waals surface area contributed by atoms with E-state index in [-0.39, 0.29) is 0 Å². The van der Waals surface area contributed by atoms with Gasteiger partial charge in [-0.2, -0.15) is 0 Å². The van der Waals surface area contributed by atoms with Gasteiger partial charge in [-0.25, -0.2) is 0 Å². The fraction of sp³-hybridized carbons (Fsp3) is 0.438. The highest BCUT2D eigenvalue weighted by atomic mass is 14.9. The van der Waals surface area contributed by atoms with Crippen molar-refractivity contribution in [1.29, 1.82) is 0 Å². The average Bonchev–Trinajstić information content (AvgIpc) is 2.39. The maximum Gasteiger partial charge on any atom is 0.0722 e. The van der Waals surface area contributed by atoms with Crippen LogP contribution in [0.4, 0.5) is 5.69 Å². The van der Waals surface area contributed by atoms with Crippen LogP contribution in [0, 0.1) is 0 Å². The van der Waals surface area contributed by atoms with Gasteiger partial charge in [-0.15, -0.1) is 0 Å². The number of benzene rings is 1. The van der Waals surface area contributed by atoms with Crippen molar-refractivity contribution in [3.05, 3.63) is 36.5 Å². The van der Waals surface area contributed by atoms with E-state index in [0.717, 1.165) is 5.52 Å². The fourth-order valence-electron chi connectivity index (χ4n) is 2.27. The highest BCUT2D eigenvalue weighted by molar-refractivity contribution is 5.91. The molecule has 1 unspecified atom stereocenters. The molecule has 18 heavy (non-hydrogen) atoms. The lowest BCUT2D eigenvalue weighted by Gasteiger charge is -2.16. The molecule has 2 nitrogen and oxygen atoms in total. The quantitative estimate of drug-likeness (QED) is 0.748. The minimum atomic E-state index is 0.516. The lowest BCUT2D eigenvalue weighted by atomic mass is 10.1. The summed E-state index contributed by atoms with van der Waals surface area (Å²) in [6, 6.07) is 10.9. The first-order valence-electron chi connectivity index (χ1n) is 6.91. The fourth-order valence-corrected chi connectivity index (χ4v) is 2.27. The van der Waals surface area contributed by atoms with Crippen LogP contribution in [0.25, 0.3) is 10.9 Å². The van der Waals surface area contributed by atoms with Crippen molar-refractivity contribution < 1.29 is 0 Å². The van der Waals surface area contributed by atoms with Crippen molar-refractivity contribution >= 4 is 16.6 Å². The van der Waals surface area contributed by atoms with Crippen LogP contribution in [0.3, 0.4) is 0 Å². The number of nitrogens with one attached hydrogen (secondary N) is 1. The summed E-state index contributed by atoms with van der Waals surface area (Å²) in [6.07, 6.45) is 6.98. The van der Waals surface area contributed by atoms with Crippen LogP contribution in [0.15, 0.2) is 36.5 Å². The third-order valence-corrected chi connectivity index (χ3v) is 3.29. The van der Waals surface area contributed by atoms with Crippen LogP contribution in [0.5, 0.6) is 0 Å². The Kier molecular flexibility index (Phi) is 4.57. The number of nitrogens with zero attached hydrogens (tertiary/aromatic N) is 1. The Morgan fingerprint density at radius 2 is 2.06 bits per heavy atom. The van der Waals surface area contributed by atoms with Crippen LogP contribution in [0.1, 0.15) is 39.5 Å². The summed E-state index contributed by atoms with van der Waals surface area (Å²) in [5, 5.41) is 4.81.